The van der Waals surface area contributed by atoms with Crippen LogP contribution in [0.2, 0.25) is 0 Å². The fraction of sp³-hybridized carbons (Fsp3) is 0.906. The van der Waals surface area contributed by atoms with Crippen LogP contribution in [0.25, 0.3) is 0 Å². The molecule has 0 aliphatic heterocycles. The van der Waals surface area contributed by atoms with Gasteiger partial charge in [0, 0.05) is 19.3 Å². The van der Waals surface area contributed by atoms with E-state index in [1.54, 1.807) is 0 Å². The number of carbonyl (C=O) groups is 3. The first-order chi connectivity index (χ1) is 29.0. The van der Waals surface area contributed by atoms with Gasteiger partial charge in [0.25, 0.3) is 0 Å². The number of hydrogen-bond acceptors (Lipinski definition) is 6. The molecule has 0 radical (unpaired) electrons. The van der Waals surface area contributed by atoms with E-state index < -0.39 is 6.10 Å². The van der Waals surface area contributed by atoms with E-state index >= 15 is 0 Å². The molecule has 0 aromatic carbocycles. The van der Waals surface area contributed by atoms with Gasteiger partial charge < -0.3 is 14.2 Å². The van der Waals surface area contributed by atoms with Gasteiger partial charge in [-0.2, -0.15) is 0 Å². The minimum Gasteiger partial charge on any atom is -0.462 e. The van der Waals surface area contributed by atoms with E-state index in [9.17, 15) is 14.4 Å². The molecule has 0 rings (SSSR count). The lowest BCUT2D eigenvalue weighted by Gasteiger charge is -2.18. The van der Waals surface area contributed by atoms with Gasteiger partial charge in [0.2, 0.25) is 0 Å². The molecule has 0 aromatic rings. The van der Waals surface area contributed by atoms with Crippen LogP contribution >= 0.6 is 0 Å². The van der Waals surface area contributed by atoms with Crippen LogP contribution in [0.1, 0.15) is 290 Å². The molecule has 0 spiro atoms. The second-order valence-corrected chi connectivity index (χ2v) is 17.8. The zero-order chi connectivity index (χ0) is 43.0. The van der Waals surface area contributed by atoms with E-state index in [4.69, 9.17) is 14.2 Å². The molecule has 0 saturated heterocycles. The largest absolute Gasteiger partial charge is 0.462 e. The zero-order valence-electron chi connectivity index (χ0n) is 39.8. The predicted molar refractivity (Wildman–Crippen MR) is 252 cm³/mol. The maximum absolute atomic E-state index is 12.8. The minimum absolute atomic E-state index is 0.0707. The Kier molecular flexibility index (Phi) is 47.3. The molecule has 1 atom stereocenters. The molecule has 0 saturated carbocycles. The van der Waals surface area contributed by atoms with Gasteiger partial charge in [-0.1, -0.05) is 238 Å². The van der Waals surface area contributed by atoms with Gasteiger partial charge in [0.1, 0.15) is 13.2 Å². The Morgan fingerprint density at radius 2 is 0.559 bits per heavy atom. The van der Waals surface area contributed by atoms with Gasteiger partial charge >= 0.3 is 17.9 Å². The molecule has 0 fully saturated rings. The van der Waals surface area contributed by atoms with Crippen molar-refractivity contribution in [3.05, 3.63) is 12.2 Å². The third-order valence-corrected chi connectivity index (χ3v) is 11.8. The summed E-state index contributed by atoms with van der Waals surface area (Å²) in [4.78, 5) is 37.9. The van der Waals surface area contributed by atoms with Crippen LogP contribution in [-0.4, -0.2) is 37.2 Å². The molecule has 59 heavy (non-hydrogen) atoms. The second kappa shape index (κ2) is 48.8. The molecule has 348 valence electrons. The van der Waals surface area contributed by atoms with Crippen LogP contribution in [0.4, 0.5) is 0 Å². The van der Waals surface area contributed by atoms with Crippen LogP contribution in [0.15, 0.2) is 12.2 Å². The number of carbonyl (C=O) groups excluding carboxylic acids is 3. The quantitative estimate of drug-likeness (QED) is 0.0263. The Labute approximate surface area is 367 Å². The average molecular weight is 833 g/mol. The Bertz CT molecular complexity index is 916. The SMILES string of the molecule is CCCCCCCC/C=C\CCCCCC(=O)OC(COC(=O)CCCCCCCCCCCCCC)COC(=O)CCCCCCCCCCCCCCCCCC. The average Bonchev–Trinajstić information content (AvgIpc) is 3.23. The molecule has 0 aliphatic rings. The summed E-state index contributed by atoms with van der Waals surface area (Å²) in [6.45, 7) is 6.65. The molecule has 0 N–H and O–H groups in total. The summed E-state index contributed by atoms with van der Waals surface area (Å²) < 4.78 is 16.8. The van der Waals surface area contributed by atoms with Crippen molar-refractivity contribution in [2.75, 3.05) is 13.2 Å². The van der Waals surface area contributed by atoms with E-state index in [2.05, 4.69) is 32.9 Å². The van der Waals surface area contributed by atoms with E-state index in [0.29, 0.717) is 19.3 Å². The van der Waals surface area contributed by atoms with Crippen molar-refractivity contribution in [3.63, 3.8) is 0 Å². The fourth-order valence-corrected chi connectivity index (χ4v) is 7.79. The van der Waals surface area contributed by atoms with Gasteiger partial charge in [0.05, 0.1) is 0 Å². The van der Waals surface area contributed by atoms with Crippen molar-refractivity contribution in [3.8, 4) is 0 Å². The van der Waals surface area contributed by atoms with E-state index in [1.165, 1.54) is 180 Å². The topological polar surface area (TPSA) is 78.9 Å². The van der Waals surface area contributed by atoms with Crippen molar-refractivity contribution < 1.29 is 28.6 Å². The maximum Gasteiger partial charge on any atom is 0.306 e. The van der Waals surface area contributed by atoms with Crippen molar-refractivity contribution in [1.82, 2.24) is 0 Å². The van der Waals surface area contributed by atoms with Gasteiger partial charge in [0.15, 0.2) is 6.10 Å². The molecular weight excluding hydrogens is 733 g/mol. The third kappa shape index (κ3) is 47.1. The highest BCUT2D eigenvalue weighted by molar-refractivity contribution is 5.71. The number of ether oxygens (including phenoxy) is 3. The maximum atomic E-state index is 12.8. The van der Waals surface area contributed by atoms with Crippen LogP contribution in [0.5, 0.6) is 0 Å². The summed E-state index contributed by atoms with van der Waals surface area (Å²) >= 11 is 0. The van der Waals surface area contributed by atoms with Crippen LogP contribution < -0.4 is 0 Å². The van der Waals surface area contributed by atoms with Crippen molar-refractivity contribution in [2.45, 2.75) is 297 Å². The fourth-order valence-electron chi connectivity index (χ4n) is 7.79. The monoisotopic (exact) mass is 833 g/mol. The molecule has 6 heteroatoms. The minimum atomic E-state index is -0.770. The molecule has 0 bridgehead atoms. The molecule has 6 nitrogen and oxygen atoms in total. The molecule has 1 unspecified atom stereocenters. The number of unbranched alkanes of at least 4 members (excludes halogenated alkanes) is 35. The van der Waals surface area contributed by atoms with E-state index in [0.717, 1.165) is 70.6 Å². The summed E-state index contributed by atoms with van der Waals surface area (Å²) in [6, 6.07) is 0. The molecule has 0 aliphatic carbocycles. The number of rotatable bonds is 48. The van der Waals surface area contributed by atoms with Crippen LogP contribution in [0.3, 0.4) is 0 Å². The van der Waals surface area contributed by atoms with Gasteiger partial charge in [-0.15, -0.1) is 0 Å². The highest BCUT2D eigenvalue weighted by Crippen LogP contribution is 2.16. The second-order valence-electron chi connectivity index (χ2n) is 17.8. The standard InChI is InChI=1S/C53H100O6/c1-4-7-10-13-16-19-22-25-26-27-29-31-34-37-40-43-46-52(55)58-49-50(48-57-51(54)45-42-39-36-33-30-24-21-18-15-12-9-6-3)59-53(56)47-44-41-38-35-32-28-23-20-17-14-11-8-5-2/h28,32,50H,4-27,29-31,33-49H2,1-3H3/b32-28-. The van der Waals surface area contributed by atoms with Crippen LogP contribution in [0, 0.1) is 0 Å². The van der Waals surface area contributed by atoms with E-state index in [-0.39, 0.29) is 31.1 Å². The van der Waals surface area contributed by atoms with Crippen LogP contribution in [-0.2, 0) is 28.6 Å². The lowest BCUT2D eigenvalue weighted by Crippen LogP contribution is -2.30. The van der Waals surface area contributed by atoms with Gasteiger partial charge in [-0.25, -0.2) is 0 Å². The third-order valence-electron chi connectivity index (χ3n) is 11.8. The van der Waals surface area contributed by atoms with Crippen molar-refractivity contribution in [2.24, 2.45) is 0 Å². The Morgan fingerprint density at radius 3 is 0.864 bits per heavy atom. The molecule has 0 amide bonds. The molecule has 0 heterocycles. The zero-order valence-corrected chi connectivity index (χ0v) is 39.8. The summed E-state index contributed by atoms with van der Waals surface area (Å²) in [7, 11) is 0. The smallest absolute Gasteiger partial charge is 0.306 e. The molecular formula is C53H100O6. The summed E-state index contributed by atoms with van der Waals surface area (Å²) in [5.41, 5.74) is 0. The highest BCUT2D eigenvalue weighted by Gasteiger charge is 2.19. The summed E-state index contributed by atoms with van der Waals surface area (Å²) in [5.74, 6) is -0.870. The normalized spacial score (nSPS) is 12.0. The van der Waals surface area contributed by atoms with Crippen molar-refractivity contribution >= 4 is 17.9 Å². The first kappa shape index (κ1) is 57.1. The Morgan fingerprint density at radius 1 is 0.322 bits per heavy atom. The summed E-state index contributed by atoms with van der Waals surface area (Å²) in [5, 5.41) is 0. The number of allylic oxidation sites excluding steroid dienone is 2. The lowest BCUT2D eigenvalue weighted by molar-refractivity contribution is -0.167. The highest BCUT2D eigenvalue weighted by atomic mass is 16.6. The van der Waals surface area contributed by atoms with Crippen molar-refractivity contribution in [1.29, 1.82) is 0 Å². The Balaban J connectivity index is 4.32. The summed E-state index contributed by atoms with van der Waals surface area (Å²) in [6.07, 6.45) is 53.3. The first-order valence-electron chi connectivity index (χ1n) is 26.2. The predicted octanol–water partition coefficient (Wildman–Crippen LogP) is 17.0. The Hall–Kier alpha value is -1.85. The lowest BCUT2D eigenvalue weighted by atomic mass is 10.0. The van der Waals surface area contributed by atoms with Gasteiger partial charge in [-0.05, 0) is 44.9 Å². The van der Waals surface area contributed by atoms with E-state index in [1.807, 2.05) is 0 Å². The molecule has 0 aromatic heterocycles. The van der Waals surface area contributed by atoms with Gasteiger partial charge in [-0.3, -0.25) is 14.4 Å². The number of hydrogen-bond donors (Lipinski definition) is 0. The first-order valence-corrected chi connectivity index (χ1v) is 26.2. The number of esters is 3.